The average Bonchev–Trinajstić information content (AvgIpc) is 2.26. The van der Waals surface area contributed by atoms with Crippen molar-refractivity contribution in [3.05, 3.63) is 22.8 Å². The molecule has 0 fully saturated rings. The summed E-state index contributed by atoms with van der Waals surface area (Å²) in [4.78, 5) is 0. The lowest BCUT2D eigenvalue weighted by molar-refractivity contribution is 0.893. The van der Waals surface area contributed by atoms with E-state index in [1.165, 1.54) is 11.1 Å². The van der Waals surface area contributed by atoms with Crippen LogP contribution in [0.2, 0.25) is 0 Å². The zero-order valence-corrected chi connectivity index (χ0v) is 10.8. The fraction of sp³-hybridized carbons (Fsp3) is 0.571. The van der Waals surface area contributed by atoms with E-state index in [9.17, 15) is 0 Å². The number of benzene rings is 1. The number of anilines is 2. The number of rotatable bonds is 5. The van der Waals surface area contributed by atoms with Gasteiger partial charge in [-0.1, -0.05) is 39.7 Å². The lowest BCUT2D eigenvalue weighted by atomic mass is 9.94. The molecule has 0 aliphatic heterocycles. The summed E-state index contributed by atoms with van der Waals surface area (Å²) in [5.74, 6) is 0. The van der Waals surface area contributed by atoms with E-state index in [-0.39, 0.29) is 0 Å². The Labute approximate surface area is 99.0 Å². The largest absolute Gasteiger partial charge is 0.398 e. The molecular weight excluding hydrogens is 196 g/mol. The van der Waals surface area contributed by atoms with Crippen LogP contribution < -0.4 is 11.5 Å². The molecule has 0 saturated carbocycles. The summed E-state index contributed by atoms with van der Waals surface area (Å²) in [6.45, 7) is 6.48. The molecule has 0 spiro atoms. The normalized spacial score (nSPS) is 10.7. The highest BCUT2D eigenvalue weighted by Crippen LogP contribution is 2.30. The number of hydrogen-bond acceptors (Lipinski definition) is 2. The van der Waals surface area contributed by atoms with E-state index >= 15 is 0 Å². The Balaban J connectivity index is 3.25. The maximum Gasteiger partial charge on any atom is 0.0399 e. The van der Waals surface area contributed by atoms with Gasteiger partial charge in [0.15, 0.2) is 0 Å². The van der Waals surface area contributed by atoms with Crippen molar-refractivity contribution in [2.45, 2.75) is 52.9 Å². The lowest BCUT2D eigenvalue weighted by Crippen LogP contribution is -2.07. The Morgan fingerprint density at radius 1 is 0.875 bits per heavy atom. The van der Waals surface area contributed by atoms with E-state index < -0.39 is 0 Å². The molecule has 0 aliphatic carbocycles. The third-order valence-electron chi connectivity index (χ3n) is 3.08. The maximum atomic E-state index is 6.17. The van der Waals surface area contributed by atoms with E-state index in [1.54, 1.807) is 0 Å². The van der Waals surface area contributed by atoms with Crippen LogP contribution in [-0.4, -0.2) is 0 Å². The minimum atomic E-state index is 0.918. The minimum absolute atomic E-state index is 0.918. The van der Waals surface area contributed by atoms with Crippen LogP contribution in [0.25, 0.3) is 0 Å². The molecule has 1 rings (SSSR count). The minimum Gasteiger partial charge on any atom is -0.398 e. The van der Waals surface area contributed by atoms with Crippen LogP contribution in [0, 0.1) is 0 Å². The first-order chi connectivity index (χ1) is 7.65. The van der Waals surface area contributed by atoms with E-state index in [1.807, 2.05) is 0 Å². The second kappa shape index (κ2) is 5.78. The Hall–Kier alpha value is -1.18. The maximum absolute atomic E-state index is 6.17. The van der Waals surface area contributed by atoms with Gasteiger partial charge in [-0.15, -0.1) is 0 Å². The van der Waals surface area contributed by atoms with Gasteiger partial charge in [-0.3, -0.25) is 0 Å². The molecular formula is C14H24N2. The molecule has 1 aromatic carbocycles. The summed E-state index contributed by atoms with van der Waals surface area (Å²) in [7, 11) is 0. The molecule has 1 aromatic rings. The molecule has 2 heteroatoms. The Kier molecular flexibility index (Phi) is 4.66. The third kappa shape index (κ3) is 2.49. The molecule has 0 aromatic heterocycles. The molecule has 16 heavy (non-hydrogen) atoms. The lowest BCUT2D eigenvalue weighted by Gasteiger charge is -2.16. The summed E-state index contributed by atoms with van der Waals surface area (Å²) in [5.41, 5.74) is 17.9. The van der Waals surface area contributed by atoms with E-state index in [4.69, 9.17) is 11.5 Å². The molecule has 0 unspecified atom stereocenters. The van der Waals surface area contributed by atoms with Crippen LogP contribution in [0.3, 0.4) is 0 Å². The van der Waals surface area contributed by atoms with Crippen LogP contribution in [0.4, 0.5) is 11.4 Å². The van der Waals surface area contributed by atoms with Crippen LogP contribution >= 0.6 is 0 Å². The van der Waals surface area contributed by atoms with Gasteiger partial charge < -0.3 is 11.5 Å². The first kappa shape index (κ1) is 12.9. The number of nitrogens with two attached hydrogens (primary N) is 2. The average molecular weight is 220 g/mol. The van der Waals surface area contributed by atoms with Gasteiger partial charge in [0.25, 0.3) is 0 Å². The fourth-order valence-corrected chi connectivity index (χ4v) is 2.23. The highest BCUT2D eigenvalue weighted by atomic mass is 14.6. The predicted molar refractivity (Wildman–Crippen MR) is 72.6 cm³/mol. The zero-order chi connectivity index (χ0) is 12.1. The Morgan fingerprint density at radius 3 is 1.62 bits per heavy atom. The van der Waals surface area contributed by atoms with Gasteiger partial charge in [0.1, 0.15) is 0 Å². The van der Waals surface area contributed by atoms with E-state index in [2.05, 4.69) is 26.8 Å². The van der Waals surface area contributed by atoms with Gasteiger partial charge in [0, 0.05) is 11.4 Å². The van der Waals surface area contributed by atoms with Gasteiger partial charge in [-0.2, -0.15) is 0 Å². The van der Waals surface area contributed by atoms with Crippen molar-refractivity contribution in [1.29, 1.82) is 0 Å². The smallest absolute Gasteiger partial charge is 0.0399 e. The van der Waals surface area contributed by atoms with E-state index in [0.717, 1.165) is 49.0 Å². The van der Waals surface area contributed by atoms with Crippen molar-refractivity contribution in [1.82, 2.24) is 0 Å². The van der Waals surface area contributed by atoms with Gasteiger partial charge in [0.05, 0.1) is 0 Å². The summed E-state index contributed by atoms with van der Waals surface area (Å²) in [5, 5.41) is 0. The molecule has 4 N–H and O–H groups in total. The first-order valence-corrected chi connectivity index (χ1v) is 6.34. The molecule has 0 saturated heterocycles. The van der Waals surface area contributed by atoms with Crippen LogP contribution in [0.1, 0.15) is 50.3 Å². The third-order valence-corrected chi connectivity index (χ3v) is 3.08. The number of hydrogen-bond donors (Lipinski definition) is 2. The van der Waals surface area contributed by atoms with Crippen molar-refractivity contribution in [2.24, 2.45) is 0 Å². The monoisotopic (exact) mass is 220 g/mol. The molecule has 0 amide bonds. The SMILES string of the molecule is CCCc1cc(CCC)c(N)c(CC)c1N. The van der Waals surface area contributed by atoms with Gasteiger partial charge in [-0.25, -0.2) is 0 Å². The van der Waals surface area contributed by atoms with Crippen LogP contribution in [0.5, 0.6) is 0 Å². The molecule has 0 radical (unpaired) electrons. The van der Waals surface area contributed by atoms with Crippen molar-refractivity contribution >= 4 is 11.4 Å². The quantitative estimate of drug-likeness (QED) is 0.748. The van der Waals surface area contributed by atoms with Gasteiger partial charge >= 0.3 is 0 Å². The molecule has 0 aliphatic rings. The number of nitrogen functional groups attached to an aromatic ring is 2. The highest BCUT2D eigenvalue weighted by Gasteiger charge is 2.11. The summed E-state index contributed by atoms with van der Waals surface area (Å²) in [6, 6.07) is 2.21. The Bertz CT molecular complexity index is 326. The molecule has 90 valence electrons. The standard InChI is InChI=1S/C14H24N2/c1-4-7-10-9-11(8-5-2)14(16)12(6-3)13(10)15/h9H,4-8,15-16H2,1-3H3. The molecule has 0 atom stereocenters. The number of aryl methyl sites for hydroxylation is 2. The summed E-state index contributed by atoms with van der Waals surface area (Å²) >= 11 is 0. The van der Waals surface area contributed by atoms with Crippen LogP contribution in [0.15, 0.2) is 6.07 Å². The van der Waals surface area contributed by atoms with Crippen molar-refractivity contribution < 1.29 is 0 Å². The fourth-order valence-electron chi connectivity index (χ4n) is 2.23. The van der Waals surface area contributed by atoms with Gasteiger partial charge in [0.2, 0.25) is 0 Å². The van der Waals surface area contributed by atoms with E-state index in [0.29, 0.717) is 0 Å². The molecule has 0 bridgehead atoms. The zero-order valence-electron chi connectivity index (χ0n) is 10.8. The Morgan fingerprint density at radius 2 is 1.31 bits per heavy atom. The van der Waals surface area contributed by atoms with Crippen molar-refractivity contribution in [3.8, 4) is 0 Å². The highest BCUT2D eigenvalue weighted by molar-refractivity contribution is 5.69. The molecule has 0 heterocycles. The van der Waals surface area contributed by atoms with Gasteiger partial charge in [-0.05, 0) is 36.0 Å². The molecule has 2 nitrogen and oxygen atoms in total. The van der Waals surface area contributed by atoms with Crippen molar-refractivity contribution in [2.75, 3.05) is 11.5 Å². The van der Waals surface area contributed by atoms with Crippen LogP contribution in [-0.2, 0) is 19.3 Å². The van der Waals surface area contributed by atoms with Crippen molar-refractivity contribution in [3.63, 3.8) is 0 Å². The second-order valence-electron chi connectivity index (χ2n) is 4.35. The first-order valence-electron chi connectivity index (χ1n) is 6.34. The topological polar surface area (TPSA) is 52.0 Å². The summed E-state index contributed by atoms with van der Waals surface area (Å²) < 4.78 is 0. The predicted octanol–water partition coefficient (Wildman–Crippen LogP) is 3.32. The second-order valence-corrected chi connectivity index (χ2v) is 4.35. The summed E-state index contributed by atoms with van der Waals surface area (Å²) in [6.07, 6.45) is 5.28.